The Morgan fingerprint density at radius 3 is 2.68 bits per heavy atom. The molecular weight excluding hydrogens is 356 g/mol. The molecule has 1 aliphatic rings. The highest BCUT2D eigenvalue weighted by Gasteiger charge is 2.31. The van der Waals surface area contributed by atoms with Gasteiger partial charge in [0.15, 0.2) is 11.5 Å². The van der Waals surface area contributed by atoms with Crippen molar-refractivity contribution in [3.63, 3.8) is 0 Å². The van der Waals surface area contributed by atoms with Crippen molar-refractivity contribution >= 4 is 11.8 Å². The normalized spacial score (nSPS) is 15.2. The van der Waals surface area contributed by atoms with Crippen LogP contribution in [0.4, 0.5) is 0 Å². The first-order valence-electron chi connectivity index (χ1n) is 9.57. The third-order valence-corrected chi connectivity index (χ3v) is 4.76. The predicted octanol–water partition coefficient (Wildman–Crippen LogP) is 2.54. The first-order valence-corrected chi connectivity index (χ1v) is 9.57. The van der Waals surface area contributed by atoms with E-state index in [2.05, 4.69) is 0 Å². The molecule has 6 nitrogen and oxygen atoms in total. The van der Waals surface area contributed by atoms with Crippen LogP contribution in [0.15, 0.2) is 48.5 Å². The Morgan fingerprint density at radius 1 is 1.18 bits per heavy atom. The lowest BCUT2D eigenvalue weighted by atomic mass is 9.95. The first kappa shape index (κ1) is 19.7. The van der Waals surface area contributed by atoms with Crippen molar-refractivity contribution in [3.05, 3.63) is 59.7 Å². The second kappa shape index (κ2) is 9.26. The number of hydrogen-bond acceptors (Lipinski definition) is 4. The maximum absolute atomic E-state index is 13.2. The van der Waals surface area contributed by atoms with Crippen LogP contribution in [0.5, 0.6) is 11.5 Å². The van der Waals surface area contributed by atoms with Gasteiger partial charge in [0, 0.05) is 19.5 Å². The highest BCUT2D eigenvalue weighted by Crippen LogP contribution is 2.36. The summed E-state index contributed by atoms with van der Waals surface area (Å²) >= 11 is 0. The number of ether oxygens (including phenoxy) is 2. The van der Waals surface area contributed by atoms with Crippen LogP contribution < -0.4 is 15.2 Å². The number of hydrogen-bond donors (Lipinski definition) is 1. The molecule has 1 aliphatic heterocycles. The zero-order chi connectivity index (χ0) is 19.9. The van der Waals surface area contributed by atoms with E-state index in [9.17, 15) is 9.59 Å². The van der Waals surface area contributed by atoms with E-state index in [0.29, 0.717) is 31.9 Å². The molecule has 1 unspecified atom stereocenters. The topological polar surface area (TPSA) is 81.9 Å². The van der Waals surface area contributed by atoms with E-state index < -0.39 is 5.91 Å². The molecule has 148 valence electrons. The molecule has 2 N–H and O–H groups in total. The summed E-state index contributed by atoms with van der Waals surface area (Å²) in [5.41, 5.74) is 7.28. The van der Waals surface area contributed by atoms with Crippen molar-refractivity contribution in [3.8, 4) is 11.5 Å². The summed E-state index contributed by atoms with van der Waals surface area (Å²) in [7, 11) is 0. The Balaban J connectivity index is 1.75. The number of carbonyl (C=O) groups is 2. The minimum Gasteiger partial charge on any atom is -0.490 e. The van der Waals surface area contributed by atoms with Crippen molar-refractivity contribution in [1.29, 1.82) is 0 Å². The number of benzene rings is 2. The van der Waals surface area contributed by atoms with Gasteiger partial charge in [0.05, 0.1) is 12.5 Å². The Hall–Kier alpha value is -3.02. The summed E-state index contributed by atoms with van der Waals surface area (Å²) in [6, 6.07) is 15.5. The maximum atomic E-state index is 13.2. The Kier molecular flexibility index (Phi) is 6.53. The molecule has 2 aromatic carbocycles. The number of primary amides is 1. The third kappa shape index (κ3) is 4.82. The predicted molar refractivity (Wildman–Crippen MR) is 106 cm³/mol. The summed E-state index contributed by atoms with van der Waals surface area (Å²) in [5, 5.41) is 0. The fourth-order valence-electron chi connectivity index (χ4n) is 3.40. The van der Waals surface area contributed by atoms with Crippen LogP contribution in [0.2, 0.25) is 0 Å². The second-order valence-corrected chi connectivity index (χ2v) is 6.85. The number of amides is 2. The van der Waals surface area contributed by atoms with E-state index in [1.54, 1.807) is 4.90 Å². The lowest BCUT2D eigenvalue weighted by Gasteiger charge is -2.31. The highest BCUT2D eigenvalue weighted by molar-refractivity contribution is 5.81. The summed E-state index contributed by atoms with van der Waals surface area (Å²) in [6.45, 7) is 3.51. The van der Waals surface area contributed by atoms with Crippen LogP contribution in [-0.2, 0) is 22.6 Å². The van der Waals surface area contributed by atoms with Crippen molar-refractivity contribution in [1.82, 2.24) is 4.90 Å². The van der Waals surface area contributed by atoms with Gasteiger partial charge >= 0.3 is 0 Å². The SMILES string of the molecule is CCOc1cccc2c1OCC(C(=O)N(CCC(N)=O)Cc1ccccc1)C2. The van der Waals surface area contributed by atoms with E-state index in [-0.39, 0.29) is 24.9 Å². The molecule has 6 heteroatoms. The molecule has 0 spiro atoms. The van der Waals surface area contributed by atoms with Crippen LogP contribution in [0.1, 0.15) is 24.5 Å². The van der Waals surface area contributed by atoms with E-state index >= 15 is 0 Å². The van der Waals surface area contributed by atoms with Gasteiger partial charge in [-0.2, -0.15) is 0 Å². The smallest absolute Gasteiger partial charge is 0.229 e. The van der Waals surface area contributed by atoms with Crippen molar-refractivity contribution in [2.24, 2.45) is 11.7 Å². The molecular formula is C22H26N2O4. The minimum absolute atomic E-state index is 0.0300. The molecule has 0 aliphatic carbocycles. The van der Waals surface area contributed by atoms with Gasteiger partial charge in [-0.1, -0.05) is 42.5 Å². The first-order chi connectivity index (χ1) is 13.6. The molecule has 0 saturated carbocycles. The zero-order valence-electron chi connectivity index (χ0n) is 16.1. The number of carbonyl (C=O) groups excluding carboxylic acids is 2. The minimum atomic E-state index is -0.419. The van der Waals surface area contributed by atoms with E-state index in [1.807, 2.05) is 55.5 Å². The van der Waals surface area contributed by atoms with Gasteiger partial charge < -0.3 is 20.1 Å². The monoisotopic (exact) mass is 382 g/mol. The number of nitrogens with two attached hydrogens (primary N) is 1. The fourth-order valence-corrected chi connectivity index (χ4v) is 3.40. The molecule has 0 saturated heterocycles. The number of fused-ring (bicyclic) bond motifs is 1. The third-order valence-electron chi connectivity index (χ3n) is 4.76. The van der Waals surface area contributed by atoms with Crippen molar-refractivity contribution in [2.45, 2.75) is 26.3 Å². The van der Waals surface area contributed by atoms with Crippen LogP contribution in [-0.4, -0.2) is 36.5 Å². The molecule has 2 aromatic rings. The number of nitrogens with zero attached hydrogens (tertiary/aromatic N) is 1. The average molecular weight is 382 g/mol. The van der Waals surface area contributed by atoms with Gasteiger partial charge in [-0.15, -0.1) is 0 Å². The molecule has 28 heavy (non-hydrogen) atoms. The van der Waals surface area contributed by atoms with Gasteiger partial charge in [-0.25, -0.2) is 0 Å². The van der Waals surface area contributed by atoms with Gasteiger partial charge in [-0.05, 0) is 30.5 Å². The molecule has 1 heterocycles. The Labute approximate surface area is 165 Å². The largest absolute Gasteiger partial charge is 0.490 e. The van der Waals surface area contributed by atoms with Gasteiger partial charge in [0.25, 0.3) is 0 Å². The summed E-state index contributed by atoms with van der Waals surface area (Å²) in [4.78, 5) is 26.2. The maximum Gasteiger partial charge on any atom is 0.229 e. The molecule has 0 bridgehead atoms. The zero-order valence-corrected chi connectivity index (χ0v) is 16.1. The number of rotatable bonds is 8. The molecule has 0 radical (unpaired) electrons. The van der Waals surface area contributed by atoms with Gasteiger partial charge in [0.2, 0.25) is 11.8 Å². The van der Waals surface area contributed by atoms with Crippen LogP contribution in [0.25, 0.3) is 0 Å². The second-order valence-electron chi connectivity index (χ2n) is 6.85. The number of para-hydroxylation sites is 1. The van der Waals surface area contributed by atoms with Gasteiger partial charge in [0.1, 0.15) is 6.61 Å². The van der Waals surface area contributed by atoms with Crippen LogP contribution >= 0.6 is 0 Å². The average Bonchev–Trinajstić information content (AvgIpc) is 2.71. The van der Waals surface area contributed by atoms with Crippen molar-refractivity contribution < 1.29 is 19.1 Å². The molecule has 0 aromatic heterocycles. The Morgan fingerprint density at radius 2 is 1.96 bits per heavy atom. The fraction of sp³-hybridized carbons (Fsp3) is 0.364. The summed E-state index contributed by atoms with van der Waals surface area (Å²) in [6.07, 6.45) is 0.716. The van der Waals surface area contributed by atoms with Crippen LogP contribution in [0, 0.1) is 5.92 Å². The standard InChI is InChI=1S/C22H26N2O4/c1-2-27-19-10-6-9-17-13-18(15-28-21(17)19)22(26)24(12-11-20(23)25)14-16-7-4-3-5-8-16/h3-10,18H,2,11-15H2,1H3,(H2,23,25). The Bertz CT molecular complexity index is 823. The quantitative estimate of drug-likeness (QED) is 0.761. The lowest BCUT2D eigenvalue weighted by molar-refractivity contribution is -0.138. The molecule has 1 atom stereocenters. The molecule has 0 fully saturated rings. The summed E-state index contributed by atoms with van der Waals surface area (Å²) < 4.78 is 11.5. The lowest BCUT2D eigenvalue weighted by Crippen LogP contribution is -2.41. The van der Waals surface area contributed by atoms with E-state index in [0.717, 1.165) is 16.9 Å². The van der Waals surface area contributed by atoms with Crippen molar-refractivity contribution in [2.75, 3.05) is 19.8 Å². The van der Waals surface area contributed by atoms with Crippen LogP contribution in [0.3, 0.4) is 0 Å². The van der Waals surface area contributed by atoms with E-state index in [4.69, 9.17) is 15.2 Å². The highest BCUT2D eigenvalue weighted by atomic mass is 16.5. The molecule has 2 amide bonds. The molecule has 3 rings (SSSR count). The summed E-state index contributed by atoms with van der Waals surface area (Å²) in [5.74, 6) is 0.678. The van der Waals surface area contributed by atoms with Gasteiger partial charge in [-0.3, -0.25) is 9.59 Å². The van der Waals surface area contributed by atoms with E-state index in [1.165, 1.54) is 0 Å².